The fourth-order valence-corrected chi connectivity index (χ4v) is 4.91. The van der Waals surface area contributed by atoms with Crippen molar-refractivity contribution in [3.05, 3.63) is 98.4 Å². The quantitative estimate of drug-likeness (QED) is 0.309. The summed E-state index contributed by atoms with van der Waals surface area (Å²) in [5.41, 5.74) is 3.40. The molecular formula is C29H26ClNO6. The van der Waals surface area contributed by atoms with Crippen molar-refractivity contribution >= 4 is 28.5 Å². The van der Waals surface area contributed by atoms with Crippen LogP contribution in [0.3, 0.4) is 0 Å². The predicted molar refractivity (Wildman–Crippen MR) is 141 cm³/mol. The average Bonchev–Trinajstić information content (AvgIpc) is 2.90. The van der Waals surface area contributed by atoms with Crippen molar-refractivity contribution in [1.29, 1.82) is 0 Å². The third-order valence-electron chi connectivity index (χ3n) is 6.69. The van der Waals surface area contributed by atoms with Crippen molar-refractivity contribution in [2.45, 2.75) is 19.4 Å². The molecule has 0 bridgehead atoms. The van der Waals surface area contributed by atoms with Crippen molar-refractivity contribution in [3.8, 4) is 17.2 Å². The molecule has 0 spiro atoms. The number of rotatable bonds is 6. The molecule has 8 heteroatoms. The van der Waals surface area contributed by atoms with Gasteiger partial charge in [-0.25, -0.2) is 4.79 Å². The van der Waals surface area contributed by atoms with Crippen LogP contribution in [0.25, 0.3) is 11.0 Å². The summed E-state index contributed by atoms with van der Waals surface area (Å²) in [6, 6.07) is 17.2. The lowest BCUT2D eigenvalue weighted by molar-refractivity contribution is 0.0589. The van der Waals surface area contributed by atoms with Gasteiger partial charge in [0.2, 0.25) is 0 Å². The van der Waals surface area contributed by atoms with Gasteiger partial charge in [0.25, 0.3) is 5.91 Å². The van der Waals surface area contributed by atoms with E-state index in [0.29, 0.717) is 46.4 Å². The number of amides is 1. The summed E-state index contributed by atoms with van der Waals surface area (Å²) in [7, 11) is 3.18. The van der Waals surface area contributed by atoms with E-state index in [0.717, 1.165) is 22.1 Å². The zero-order chi connectivity index (χ0) is 26.1. The van der Waals surface area contributed by atoms with E-state index in [1.54, 1.807) is 44.6 Å². The van der Waals surface area contributed by atoms with Gasteiger partial charge in [-0.05, 0) is 78.6 Å². The molecule has 1 unspecified atom stereocenters. The van der Waals surface area contributed by atoms with Crippen LogP contribution >= 0.6 is 11.6 Å². The first-order chi connectivity index (χ1) is 17.9. The number of ether oxygens (including phenoxy) is 3. The lowest BCUT2D eigenvalue weighted by atomic mass is 9.91. The number of benzene rings is 3. The SMILES string of the molecule is COc1cc2c(cc1OC)C(COc1ccc3c(C)cc(=O)oc3c1)N(C(=O)c1ccc(Cl)cc1)CC2. The zero-order valence-electron chi connectivity index (χ0n) is 20.7. The highest BCUT2D eigenvalue weighted by Crippen LogP contribution is 2.39. The molecule has 0 saturated carbocycles. The first kappa shape index (κ1) is 24.7. The maximum Gasteiger partial charge on any atom is 0.336 e. The Bertz CT molecular complexity index is 1530. The molecule has 5 rings (SSSR count). The lowest BCUT2D eigenvalue weighted by Crippen LogP contribution is -2.42. The number of carbonyl (C=O) groups is 1. The second-order valence-electron chi connectivity index (χ2n) is 8.89. The molecule has 1 amide bonds. The smallest absolute Gasteiger partial charge is 0.336 e. The van der Waals surface area contributed by atoms with Crippen LogP contribution in [0, 0.1) is 6.92 Å². The van der Waals surface area contributed by atoms with Crippen LogP contribution in [0.4, 0.5) is 0 Å². The van der Waals surface area contributed by atoms with Crippen LogP contribution in [0.2, 0.25) is 5.02 Å². The number of fused-ring (bicyclic) bond motifs is 2. The Morgan fingerprint density at radius 2 is 1.76 bits per heavy atom. The maximum atomic E-state index is 13.6. The van der Waals surface area contributed by atoms with Gasteiger partial charge in [0.15, 0.2) is 11.5 Å². The largest absolute Gasteiger partial charge is 0.493 e. The highest BCUT2D eigenvalue weighted by Gasteiger charge is 2.33. The number of nitrogens with zero attached hydrogens (tertiary/aromatic N) is 1. The highest BCUT2D eigenvalue weighted by molar-refractivity contribution is 6.30. The van der Waals surface area contributed by atoms with E-state index in [2.05, 4.69) is 0 Å². The molecule has 2 heterocycles. The van der Waals surface area contributed by atoms with E-state index in [9.17, 15) is 9.59 Å². The molecule has 190 valence electrons. The van der Waals surface area contributed by atoms with E-state index >= 15 is 0 Å². The molecular weight excluding hydrogens is 494 g/mol. The summed E-state index contributed by atoms with van der Waals surface area (Å²) >= 11 is 6.04. The van der Waals surface area contributed by atoms with E-state index in [1.165, 1.54) is 6.07 Å². The maximum absolute atomic E-state index is 13.6. The molecule has 1 aliphatic heterocycles. The molecule has 3 aromatic carbocycles. The number of hydrogen-bond donors (Lipinski definition) is 0. The Hall–Kier alpha value is -3.97. The summed E-state index contributed by atoms with van der Waals surface area (Å²) < 4.78 is 22.6. The minimum absolute atomic E-state index is 0.120. The summed E-state index contributed by atoms with van der Waals surface area (Å²) in [6.45, 7) is 2.55. The predicted octanol–water partition coefficient (Wildman–Crippen LogP) is 5.59. The molecule has 1 aliphatic rings. The molecule has 1 atom stereocenters. The number of methoxy groups -OCH3 is 2. The van der Waals surface area contributed by atoms with E-state index in [4.69, 9.17) is 30.2 Å². The topological polar surface area (TPSA) is 78.2 Å². The number of carbonyl (C=O) groups excluding carboxylic acids is 1. The van der Waals surface area contributed by atoms with Gasteiger partial charge in [-0.2, -0.15) is 0 Å². The summed E-state index contributed by atoms with van der Waals surface area (Å²) in [5, 5.41) is 1.40. The summed E-state index contributed by atoms with van der Waals surface area (Å²) in [6.07, 6.45) is 0.659. The highest BCUT2D eigenvalue weighted by atomic mass is 35.5. The van der Waals surface area contributed by atoms with Gasteiger partial charge in [-0.3, -0.25) is 4.79 Å². The fraction of sp³-hybridized carbons (Fsp3) is 0.241. The van der Waals surface area contributed by atoms with Gasteiger partial charge in [0.05, 0.1) is 20.3 Å². The Labute approximate surface area is 219 Å². The monoisotopic (exact) mass is 519 g/mol. The minimum atomic E-state index is -0.413. The van der Waals surface area contributed by atoms with Crippen molar-refractivity contribution < 1.29 is 23.4 Å². The summed E-state index contributed by atoms with van der Waals surface area (Å²) in [5.74, 6) is 1.63. The number of hydrogen-bond acceptors (Lipinski definition) is 6. The average molecular weight is 520 g/mol. The lowest BCUT2D eigenvalue weighted by Gasteiger charge is -2.37. The van der Waals surface area contributed by atoms with Crippen LogP contribution < -0.4 is 19.8 Å². The molecule has 0 fully saturated rings. The molecule has 1 aromatic heterocycles. The van der Waals surface area contributed by atoms with Crippen LogP contribution in [-0.2, 0) is 6.42 Å². The van der Waals surface area contributed by atoms with Crippen LogP contribution in [0.1, 0.15) is 33.1 Å². The van der Waals surface area contributed by atoms with Crippen LogP contribution in [0.15, 0.2) is 69.9 Å². The second-order valence-corrected chi connectivity index (χ2v) is 9.33. The molecule has 7 nitrogen and oxygen atoms in total. The first-order valence-corrected chi connectivity index (χ1v) is 12.2. The Morgan fingerprint density at radius 3 is 2.49 bits per heavy atom. The van der Waals surface area contributed by atoms with Gasteiger partial charge in [0.1, 0.15) is 17.9 Å². The van der Waals surface area contributed by atoms with Gasteiger partial charge in [0, 0.05) is 34.6 Å². The van der Waals surface area contributed by atoms with Crippen molar-refractivity contribution in [1.82, 2.24) is 4.90 Å². The fourth-order valence-electron chi connectivity index (χ4n) is 4.78. The molecule has 0 N–H and O–H groups in total. The van der Waals surface area contributed by atoms with Crippen molar-refractivity contribution in [3.63, 3.8) is 0 Å². The van der Waals surface area contributed by atoms with Crippen molar-refractivity contribution in [2.24, 2.45) is 0 Å². The van der Waals surface area contributed by atoms with Crippen LogP contribution in [0.5, 0.6) is 17.2 Å². The van der Waals surface area contributed by atoms with Crippen LogP contribution in [-0.4, -0.2) is 38.2 Å². The summed E-state index contributed by atoms with van der Waals surface area (Å²) in [4.78, 5) is 27.3. The third-order valence-corrected chi connectivity index (χ3v) is 6.94. The van der Waals surface area contributed by atoms with E-state index in [-0.39, 0.29) is 12.5 Å². The minimum Gasteiger partial charge on any atom is -0.493 e. The molecule has 4 aromatic rings. The molecule has 0 radical (unpaired) electrons. The molecule has 37 heavy (non-hydrogen) atoms. The van der Waals surface area contributed by atoms with Gasteiger partial charge < -0.3 is 23.5 Å². The molecule has 0 saturated heterocycles. The standard InChI is InChI=1S/C29H26ClNO6/c1-17-12-28(32)37-25-14-21(8-9-22(17)25)36-16-24-23-15-27(35-3)26(34-2)13-19(23)10-11-31(24)29(33)18-4-6-20(30)7-5-18/h4-9,12-15,24H,10-11,16H2,1-3H3. The normalized spacial score (nSPS) is 14.8. The third kappa shape index (κ3) is 4.87. The van der Waals surface area contributed by atoms with Gasteiger partial charge >= 0.3 is 5.63 Å². The van der Waals surface area contributed by atoms with Gasteiger partial charge in [-0.1, -0.05) is 11.6 Å². The van der Waals surface area contributed by atoms with Gasteiger partial charge in [-0.15, -0.1) is 0 Å². The first-order valence-electron chi connectivity index (χ1n) is 11.9. The Kier molecular flexibility index (Phi) is 6.80. The van der Waals surface area contributed by atoms with Crippen molar-refractivity contribution in [2.75, 3.05) is 27.4 Å². The Morgan fingerprint density at radius 1 is 1.03 bits per heavy atom. The zero-order valence-corrected chi connectivity index (χ0v) is 21.5. The number of aryl methyl sites for hydroxylation is 1. The van der Waals surface area contributed by atoms with E-state index in [1.807, 2.05) is 36.1 Å². The molecule has 0 aliphatic carbocycles. The Balaban J connectivity index is 1.51. The second kappa shape index (κ2) is 10.2. The number of halogens is 1. The van der Waals surface area contributed by atoms with E-state index < -0.39 is 11.7 Å².